The molecule has 3 heteroatoms. The molecule has 3 nitrogen and oxygen atoms in total. The molecule has 0 fully saturated rings. The largest absolute Gasteiger partial charge is 0.384 e. The number of hydrogen-bond acceptors (Lipinski definition) is 3. The maximum atomic E-state index is 5.08. The Labute approximate surface area is 91.9 Å². The fraction of sp³-hybridized carbons (Fsp3) is 0.583. The van der Waals surface area contributed by atoms with Gasteiger partial charge in [0, 0.05) is 39.2 Å². The topological polar surface area (TPSA) is 34.1 Å². The lowest BCUT2D eigenvalue weighted by Crippen LogP contribution is -2.23. The molecule has 1 unspecified atom stereocenters. The second-order valence-electron chi connectivity index (χ2n) is 3.99. The van der Waals surface area contributed by atoms with Gasteiger partial charge < -0.3 is 10.1 Å². The van der Waals surface area contributed by atoms with Crippen LogP contribution < -0.4 is 5.32 Å². The van der Waals surface area contributed by atoms with Gasteiger partial charge in [0.05, 0.1) is 0 Å². The van der Waals surface area contributed by atoms with Crippen molar-refractivity contribution in [3.8, 4) is 0 Å². The molecule has 1 rings (SSSR count). The van der Waals surface area contributed by atoms with Gasteiger partial charge in [0.1, 0.15) is 0 Å². The summed E-state index contributed by atoms with van der Waals surface area (Å²) in [5.74, 6) is 0.553. The molecule has 1 aromatic heterocycles. The Morgan fingerprint density at radius 2 is 2.33 bits per heavy atom. The molecule has 0 bridgehead atoms. The molecular formula is C12H20N2O. The minimum absolute atomic E-state index is 0.553. The molecule has 0 spiro atoms. The second kappa shape index (κ2) is 6.53. The number of aryl methyl sites for hydroxylation is 1. The number of nitrogens with one attached hydrogen (secondary N) is 1. The smallest absolute Gasteiger partial charge is 0.0499 e. The van der Waals surface area contributed by atoms with Crippen molar-refractivity contribution in [3.05, 3.63) is 29.6 Å². The zero-order valence-corrected chi connectivity index (χ0v) is 9.79. The molecule has 1 aromatic rings. The zero-order chi connectivity index (χ0) is 11.1. The summed E-state index contributed by atoms with van der Waals surface area (Å²) in [4.78, 5) is 4.07. The van der Waals surface area contributed by atoms with Crippen molar-refractivity contribution in [2.75, 3.05) is 20.3 Å². The highest BCUT2D eigenvalue weighted by Crippen LogP contribution is 2.04. The average molecular weight is 208 g/mol. The van der Waals surface area contributed by atoms with Crippen LogP contribution in [0.15, 0.2) is 18.5 Å². The molecule has 84 valence electrons. The summed E-state index contributed by atoms with van der Waals surface area (Å²) >= 11 is 0. The minimum Gasteiger partial charge on any atom is -0.384 e. The van der Waals surface area contributed by atoms with E-state index in [0.29, 0.717) is 5.92 Å². The lowest BCUT2D eigenvalue weighted by molar-refractivity contribution is 0.158. The van der Waals surface area contributed by atoms with E-state index in [9.17, 15) is 0 Å². The van der Waals surface area contributed by atoms with Crippen molar-refractivity contribution < 1.29 is 4.74 Å². The van der Waals surface area contributed by atoms with E-state index in [1.54, 1.807) is 7.11 Å². The van der Waals surface area contributed by atoms with Gasteiger partial charge in [-0.25, -0.2) is 0 Å². The van der Waals surface area contributed by atoms with Crippen LogP contribution in [0.1, 0.15) is 18.1 Å². The van der Waals surface area contributed by atoms with Crippen LogP contribution in [0, 0.1) is 12.8 Å². The molecule has 1 heterocycles. The summed E-state index contributed by atoms with van der Waals surface area (Å²) in [6.45, 7) is 6.96. The van der Waals surface area contributed by atoms with E-state index in [4.69, 9.17) is 4.74 Å². The summed E-state index contributed by atoms with van der Waals surface area (Å²) in [6.07, 6.45) is 3.73. The number of aromatic nitrogens is 1. The van der Waals surface area contributed by atoms with Crippen LogP contribution in [0.4, 0.5) is 0 Å². The summed E-state index contributed by atoms with van der Waals surface area (Å²) < 4.78 is 5.08. The Morgan fingerprint density at radius 1 is 1.53 bits per heavy atom. The first kappa shape index (κ1) is 12.1. The predicted molar refractivity (Wildman–Crippen MR) is 61.7 cm³/mol. The number of ether oxygens (including phenoxy) is 1. The lowest BCUT2D eigenvalue weighted by atomic mass is 10.1. The van der Waals surface area contributed by atoms with Crippen molar-refractivity contribution in [2.45, 2.75) is 20.4 Å². The van der Waals surface area contributed by atoms with Crippen LogP contribution in [-0.4, -0.2) is 25.2 Å². The SMILES string of the molecule is COCC(C)CNCc1ccncc1C. The molecule has 15 heavy (non-hydrogen) atoms. The Hall–Kier alpha value is -0.930. The fourth-order valence-electron chi connectivity index (χ4n) is 1.50. The first-order valence-corrected chi connectivity index (χ1v) is 5.33. The van der Waals surface area contributed by atoms with Crippen molar-refractivity contribution >= 4 is 0 Å². The van der Waals surface area contributed by atoms with Gasteiger partial charge >= 0.3 is 0 Å². The van der Waals surface area contributed by atoms with Gasteiger partial charge in [0.2, 0.25) is 0 Å². The normalized spacial score (nSPS) is 12.7. The van der Waals surface area contributed by atoms with Crippen LogP contribution >= 0.6 is 0 Å². The monoisotopic (exact) mass is 208 g/mol. The Morgan fingerprint density at radius 3 is 3.00 bits per heavy atom. The second-order valence-corrected chi connectivity index (χ2v) is 3.99. The van der Waals surface area contributed by atoms with Crippen LogP contribution in [0.2, 0.25) is 0 Å². The van der Waals surface area contributed by atoms with Crippen molar-refractivity contribution in [1.29, 1.82) is 0 Å². The minimum atomic E-state index is 0.553. The van der Waals surface area contributed by atoms with Gasteiger partial charge in [0.25, 0.3) is 0 Å². The van der Waals surface area contributed by atoms with Crippen molar-refractivity contribution in [2.24, 2.45) is 5.92 Å². The third kappa shape index (κ3) is 4.40. The quantitative estimate of drug-likeness (QED) is 0.773. The summed E-state index contributed by atoms with van der Waals surface area (Å²) in [7, 11) is 1.74. The zero-order valence-electron chi connectivity index (χ0n) is 9.79. The summed E-state index contributed by atoms with van der Waals surface area (Å²) in [6, 6.07) is 2.06. The first-order valence-electron chi connectivity index (χ1n) is 5.33. The molecule has 0 aliphatic rings. The number of nitrogens with zero attached hydrogens (tertiary/aromatic N) is 1. The molecule has 1 N–H and O–H groups in total. The molecule has 0 aliphatic heterocycles. The van der Waals surface area contributed by atoms with Crippen LogP contribution in [0.5, 0.6) is 0 Å². The predicted octanol–water partition coefficient (Wildman–Crippen LogP) is 1.76. The van der Waals surface area contributed by atoms with E-state index >= 15 is 0 Å². The molecule has 0 amide bonds. The molecular weight excluding hydrogens is 188 g/mol. The van der Waals surface area contributed by atoms with Crippen LogP contribution in [0.25, 0.3) is 0 Å². The average Bonchev–Trinajstić information content (AvgIpc) is 2.21. The number of rotatable bonds is 6. The molecule has 0 aromatic carbocycles. The molecule has 1 atom stereocenters. The van der Waals surface area contributed by atoms with E-state index in [-0.39, 0.29) is 0 Å². The highest BCUT2D eigenvalue weighted by Gasteiger charge is 2.01. The van der Waals surface area contributed by atoms with E-state index in [1.165, 1.54) is 11.1 Å². The summed E-state index contributed by atoms with van der Waals surface area (Å²) in [5, 5.41) is 3.42. The molecule has 0 saturated carbocycles. The fourth-order valence-corrected chi connectivity index (χ4v) is 1.50. The molecule has 0 radical (unpaired) electrons. The molecule has 0 saturated heterocycles. The van der Waals surface area contributed by atoms with Gasteiger partial charge in [-0.15, -0.1) is 0 Å². The Bertz CT molecular complexity index is 289. The van der Waals surface area contributed by atoms with Crippen LogP contribution in [-0.2, 0) is 11.3 Å². The van der Waals surface area contributed by atoms with Crippen LogP contribution in [0.3, 0.4) is 0 Å². The summed E-state index contributed by atoms with van der Waals surface area (Å²) in [5.41, 5.74) is 2.55. The van der Waals surface area contributed by atoms with Crippen molar-refractivity contribution in [3.63, 3.8) is 0 Å². The number of pyridine rings is 1. The van der Waals surface area contributed by atoms with E-state index in [0.717, 1.165) is 19.7 Å². The van der Waals surface area contributed by atoms with Gasteiger partial charge in [0.15, 0.2) is 0 Å². The maximum Gasteiger partial charge on any atom is 0.0499 e. The maximum absolute atomic E-state index is 5.08. The Kier molecular flexibility index (Phi) is 5.29. The lowest BCUT2D eigenvalue weighted by Gasteiger charge is -2.12. The molecule has 0 aliphatic carbocycles. The van der Waals surface area contributed by atoms with E-state index in [1.807, 2.05) is 12.4 Å². The number of methoxy groups -OCH3 is 1. The third-order valence-electron chi connectivity index (χ3n) is 2.40. The van der Waals surface area contributed by atoms with Gasteiger partial charge in [-0.1, -0.05) is 6.92 Å². The van der Waals surface area contributed by atoms with Crippen molar-refractivity contribution in [1.82, 2.24) is 10.3 Å². The Balaban J connectivity index is 2.29. The number of hydrogen-bond donors (Lipinski definition) is 1. The highest BCUT2D eigenvalue weighted by molar-refractivity contribution is 5.21. The van der Waals surface area contributed by atoms with Gasteiger partial charge in [-0.2, -0.15) is 0 Å². The van der Waals surface area contributed by atoms with Gasteiger partial charge in [-0.05, 0) is 30.0 Å². The van der Waals surface area contributed by atoms with E-state index < -0.39 is 0 Å². The third-order valence-corrected chi connectivity index (χ3v) is 2.40. The standard InChI is InChI=1S/C12H20N2O/c1-10(9-15-3)6-14-8-12-4-5-13-7-11(12)2/h4-5,7,10,14H,6,8-9H2,1-3H3. The van der Waals surface area contributed by atoms with E-state index in [2.05, 4.69) is 30.2 Å². The van der Waals surface area contributed by atoms with Gasteiger partial charge in [-0.3, -0.25) is 4.98 Å². The highest BCUT2D eigenvalue weighted by atomic mass is 16.5. The first-order chi connectivity index (χ1) is 7.24.